The van der Waals surface area contributed by atoms with E-state index in [0.717, 1.165) is 5.69 Å². The highest BCUT2D eigenvalue weighted by molar-refractivity contribution is 5.91. The standard InChI is InChI=1S/C11H16N4O2/c1-2-13-10(16)4-6-14-8-3-5-15-9(7-8)11(12)17/h3,5,7H,2,4,6H2,1H3,(H2,12,17)(H,13,16)(H,14,15). The van der Waals surface area contributed by atoms with Gasteiger partial charge >= 0.3 is 0 Å². The van der Waals surface area contributed by atoms with Crippen LogP contribution in [-0.2, 0) is 4.79 Å². The molecule has 0 aliphatic rings. The number of anilines is 1. The van der Waals surface area contributed by atoms with E-state index in [2.05, 4.69) is 15.6 Å². The Hall–Kier alpha value is -2.11. The quantitative estimate of drug-likeness (QED) is 0.653. The number of hydrogen-bond donors (Lipinski definition) is 3. The van der Waals surface area contributed by atoms with E-state index >= 15 is 0 Å². The van der Waals surface area contributed by atoms with E-state index in [9.17, 15) is 9.59 Å². The molecule has 4 N–H and O–H groups in total. The highest BCUT2D eigenvalue weighted by Gasteiger charge is 2.03. The Balaban J connectivity index is 2.44. The second-order valence-corrected chi connectivity index (χ2v) is 3.42. The van der Waals surface area contributed by atoms with E-state index in [1.165, 1.54) is 6.20 Å². The Morgan fingerprint density at radius 2 is 2.24 bits per heavy atom. The monoisotopic (exact) mass is 236 g/mol. The van der Waals surface area contributed by atoms with Crippen molar-refractivity contribution >= 4 is 17.5 Å². The maximum atomic E-state index is 11.2. The fraction of sp³-hybridized carbons (Fsp3) is 0.364. The fourth-order valence-corrected chi connectivity index (χ4v) is 1.28. The van der Waals surface area contributed by atoms with Gasteiger partial charge in [0.2, 0.25) is 5.91 Å². The van der Waals surface area contributed by atoms with E-state index < -0.39 is 5.91 Å². The van der Waals surface area contributed by atoms with Gasteiger partial charge in [0, 0.05) is 31.4 Å². The van der Waals surface area contributed by atoms with Crippen molar-refractivity contribution in [2.24, 2.45) is 5.73 Å². The van der Waals surface area contributed by atoms with Gasteiger partial charge in [0.25, 0.3) is 5.91 Å². The van der Waals surface area contributed by atoms with Crippen LogP contribution in [0.5, 0.6) is 0 Å². The number of nitrogens with one attached hydrogen (secondary N) is 2. The van der Waals surface area contributed by atoms with Crippen LogP contribution in [-0.4, -0.2) is 29.9 Å². The molecule has 0 fully saturated rings. The Morgan fingerprint density at radius 1 is 1.47 bits per heavy atom. The van der Waals surface area contributed by atoms with Gasteiger partial charge in [0.15, 0.2) is 0 Å². The molecule has 0 aliphatic carbocycles. The van der Waals surface area contributed by atoms with Gasteiger partial charge in [-0.25, -0.2) is 0 Å². The van der Waals surface area contributed by atoms with Crippen LogP contribution in [0.25, 0.3) is 0 Å². The minimum atomic E-state index is -0.572. The summed E-state index contributed by atoms with van der Waals surface area (Å²) in [4.78, 5) is 25.9. The fourth-order valence-electron chi connectivity index (χ4n) is 1.28. The Labute approximate surface area is 99.6 Å². The van der Waals surface area contributed by atoms with Crippen LogP contribution in [0.2, 0.25) is 0 Å². The van der Waals surface area contributed by atoms with Crippen molar-refractivity contribution in [2.45, 2.75) is 13.3 Å². The molecule has 17 heavy (non-hydrogen) atoms. The first-order valence-corrected chi connectivity index (χ1v) is 5.40. The van der Waals surface area contributed by atoms with Crippen molar-refractivity contribution < 1.29 is 9.59 Å². The maximum Gasteiger partial charge on any atom is 0.267 e. The van der Waals surface area contributed by atoms with Crippen molar-refractivity contribution in [3.8, 4) is 0 Å². The smallest absolute Gasteiger partial charge is 0.267 e. The van der Waals surface area contributed by atoms with Crippen LogP contribution < -0.4 is 16.4 Å². The van der Waals surface area contributed by atoms with Gasteiger partial charge in [0.05, 0.1) is 0 Å². The number of amides is 2. The zero-order valence-electron chi connectivity index (χ0n) is 9.69. The molecule has 1 aromatic heterocycles. The van der Waals surface area contributed by atoms with Crippen molar-refractivity contribution in [1.82, 2.24) is 10.3 Å². The number of aromatic nitrogens is 1. The SMILES string of the molecule is CCNC(=O)CCNc1ccnc(C(N)=O)c1. The summed E-state index contributed by atoms with van der Waals surface area (Å²) in [6, 6.07) is 3.27. The highest BCUT2D eigenvalue weighted by atomic mass is 16.2. The first-order chi connectivity index (χ1) is 8.13. The van der Waals surface area contributed by atoms with E-state index in [-0.39, 0.29) is 11.6 Å². The van der Waals surface area contributed by atoms with Gasteiger partial charge in [-0.05, 0) is 19.1 Å². The molecule has 0 aliphatic heterocycles. The molecule has 0 unspecified atom stereocenters. The summed E-state index contributed by atoms with van der Waals surface area (Å²) < 4.78 is 0. The summed E-state index contributed by atoms with van der Waals surface area (Å²) in [7, 11) is 0. The molecule has 0 atom stereocenters. The topological polar surface area (TPSA) is 97.1 Å². The largest absolute Gasteiger partial charge is 0.384 e. The minimum Gasteiger partial charge on any atom is -0.384 e. The molecule has 2 amide bonds. The maximum absolute atomic E-state index is 11.2. The first kappa shape index (κ1) is 13.0. The predicted octanol–water partition coefficient (Wildman–Crippen LogP) is 0.119. The first-order valence-electron chi connectivity index (χ1n) is 5.40. The molecule has 92 valence electrons. The number of hydrogen-bond acceptors (Lipinski definition) is 4. The van der Waals surface area contributed by atoms with Crippen molar-refractivity contribution in [1.29, 1.82) is 0 Å². The van der Waals surface area contributed by atoms with E-state index in [4.69, 9.17) is 5.73 Å². The molecule has 6 nitrogen and oxygen atoms in total. The van der Waals surface area contributed by atoms with Gasteiger partial charge in [-0.1, -0.05) is 0 Å². The van der Waals surface area contributed by atoms with Gasteiger partial charge in [-0.2, -0.15) is 0 Å². The summed E-state index contributed by atoms with van der Waals surface area (Å²) in [5.74, 6) is -0.582. The molecule has 1 aromatic rings. The van der Waals surface area contributed by atoms with Crippen LogP contribution in [0.15, 0.2) is 18.3 Å². The van der Waals surface area contributed by atoms with Gasteiger partial charge in [-0.15, -0.1) is 0 Å². The molecule has 1 heterocycles. The molecular formula is C11H16N4O2. The molecule has 6 heteroatoms. The molecule has 0 radical (unpaired) electrons. The van der Waals surface area contributed by atoms with Crippen LogP contribution in [0.3, 0.4) is 0 Å². The molecular weight excluding hydrogens is 220 g/mol. The highest BCUT2D eigenvalue weighted by Crippen LogP contribution is 2.07. The third-order valence-electron chi connectivity index (χ3n) is 2.07. The predicted molar refractivity (Wildman–Crippen MR) is 64.5 cm³/mol. The summed E-state index contributed by atoms with van der Waals surface area (Å²) in [6.07, 6.45) is 1.87. The Kier molecular flexibility index (Phi) is 4.93. The number of primary amides is 1. The van der Waals surface area contributed by atoms with Crippen LogP contribution >= 0.6 is 0 Å². The average Bonchev–Trinajstić information content (AvgIpc) is 2.30. The van der Waals surface area contributed by atoms with Crippen LogP contribution in [0, 0.1) is 0 Å². The van der Waals surface area contributed by atoms with E-state index in [1.807, 2.05) is 6.92 Å². The number of nitrogens with zero attached hydrogens (tertiary/aromatic N) is 1. The lowest BCUT2D eigenvalue weighted by Gasteiger charge is -2.06. The van der Waals surface area contributed by atoms with Crippen molar-refractivity contribution in [3.05, 3.63) is 24.0 Å². The number of pyridine rings is 1. The number of nitrogens with two attached hydrogens (primary N) is 1. The average molecular weight is 236 g/mol. The van der Waals surface area contributed by atoms with Crippen LogP contribution in [0.1, 0.15) is 23.8 Å². The number of carbonyl (C=O) groups excluding carboxylic acids is 2. The van der Waals surface area contributed by atoms with Crippen molar-refractivity contribution in [3.63, 3.8) is 0 Å². The second-order valence-electron chi connectivity index (χ2n) is 3.42. The molecule has 0 spiro atoms. The lowest BCUT2D eigenvalue weighted by molar-refractivity contribution is -0.120. The minimum absolute atomic E-state index is 0.0100. The molecule has 0 aromatic carbocycles. The zero-order chi connectivity index (χ0) is 12.7. The van der Waals surface area contributed by atoms with Gasteiger partial charge in [-0.3, -0.25) is 14.6 Å². The third kappa shape index (κ3) is 4.50. The molecule has 1 rings (SSSR count). The third-order valence-corrected chi connectivity index (χ3v) is 2.07. The Morgan fingerprint density at radius 3 is 2.88 bits per heavy atom. The van der Waals surface area contributed by atoms with E-state index in [0.29, 0.717) is 19.5 Å². The zero-order valence-corrected chi connectivity index (χ0v) is 9.69. The van der Waals surface area contributed by atoms with Crippen LogP contribution in [0.4, 0.5) is 5.69 Å². The summed E-state index contributed by atoms with van der Waals surface area (Å²) >= 11 is 0. The molecule has 0 bridgehead atoms. The van der Waals surface area contributed by atoms with E-state index in [1.54, 1.807) is 12.1 Å². The lowest BCUT2D eigenvalue weighted by atomic mass is 10.3. The normalized spacial score (nSPS) is 9.71. The molecule has 0 saturated carbocycles. The summed E-state index contributed by atoms with van der Waals surface area (Å²) in [5, 5.41) is 5.72. The second kappa shape index (κ2) is 6.47. The molecule has 0 saturated heterocycles. The number of carbonyl (C=O) groups is 2. The summed E-state index contributed by atoms with van der Waals surface area (Å²) in [5.41, 5.74) is 6.03. The lowest BCUT2D eigenvalue weighted by Crippen LogP contribution is -2.24. The summed E-state index contributed by atoms with van der Waals surface area (Å²) in [6.45, 7) is 2.99. The van der Waals surface area contributed by atoms with Crippen molar-refractivity contribution in [2.75, 3.05) is 18.4 Å². The Bertz CT molecular complexity index is 406. The van der Waals surface area contributed by atoms with Gasteiger partial charge in [0.1, 0.15) is 5.69 Å². The number of rotatable bonds is 6. The van der Waals surface area contributed by atoms with Gasteiger partial charge < -0.3 is 16.4 Å².